The lowest BCUT2D eigenvalue weighted by atomic mass is 10.1. The highest BCUT2D eigenvalue weighted by Gasteiger charge is 2.19. The van der Waals surface area contributed by atoms with Gasteiger partial charge in [-0.15, -0.1) is 22.7 Å². The zero-order valence-corrected chi connectivity index (χ0v) is 14.3. The van der Waals surface area contributed by atoms with Gasteiger partial charge in [-0.1, -0.05) is 0 Å². The van der Waals surface area contributed by atoms with Crippen molar-refractivity contribution >= 4 is 42.8 Å². The van der Waals surface area contributed by atoms with Gasteiger partial charge in [0.2, 0.25) is 0 Å². The summed E-state index contributed by atoms with van der Waals surface area (Å²) < 4.78 is 14.2. The summed E-state index contributed by atoms with van der Waals surface area (Å²) in [6.07, 6.45) is 0. The minimum absolute atomic E-state index is 0.00212. The van der Waals surface area contributed by atoms with Crippen molar-refractivity contribution < 1.29 is 9.47 Å². The first-order chi connectivity index (χ1) is 10.6. The number of hydrogen-bond donors (Lipinski definition) is 2. The molecule has 2 heterocycles. The average Bonchev–Trinajstić information content (AvgIpc) is 3.10. The number of rotatable bonds is 6. The van der Waals surface area contributed by atoms with Gasteiger partial charge in [-0.3, -0.25) is 0 Å². The van der Waals surface area contributed by atoms with Gasteiger partial charge >= 0.3 is 0 Å². The molecule has 22 heavy (non-hydrogen) atoms. The Morgan fingerprint density at radius 3 is 1.64 bits per heavy atom. The van der Waals surface area contributed by atoms with Gasteiger partial charge in [-0.25, -0.2) is 0 Å². The van der Waals surface area contributed by atoms with Crippen LogP contribution < -0.4 is 20.9 Å². The molecule has 3 rings (SSSR count). The number of fused-ring (bicyclic) bond motifs is 2. The standard InChI is InChI=1S/C16H20N2O2S2/c1-9(17)7-19-13-11-3-5-22-16(11)14(20-8-10(2)18)12-4-6-21-15(12)13/h3-6,9-10H,7-8,17-18H2,1-2H3. The molecule has 118 valence electrons. The Bertz CT molecular complexity index is 664. The van der Waals surface area contributed by atoms with Crippen molar-refractivity contribution in [3.05, 3.63) is 22.9 Å². The largest absolute Gasteiger partial charge is 0.490 e. The molecule has 0 aliphatic heterocycles. The van der Waals surface area contributed by atoms with Crippen molar-refractivity contribution in [2.24, 2.45) is 11.5 Å². The third-order valence-electron chi connectivity index (χ3n) is 3.21. The molecular formula is C16H20N2O2S2. The molecule has 0 fully saturated rings. The van der Waals surface area contributed by atoms with Crippen molar-refractivity contribution in [3.8, 4) is 11.5 Å². The lowest BCUT2D eigenvalue weighted by molar-refractivity contribution is 0.299. The van der Waals surface area contributed by atoms with E-state index in [4.69, 9.17) is 20.9 Å². The Kier molecular flexibility index (Phi) is 4.54. The molecule has 6 heteroatoms. The van der Waals surface area contributed by atoms with Gasteiger partial charge in [0, 0.05) is 22.9 Å². The quantitative estimate of drug-likeness (QED) is 0.722. The zero-order chi connectivity index (χ0) is 15.7. The number of thiophene rings is 2. The van der Waals surface area contributed by atoms with Gasteiger partial charge in [0.1, 0.15) is 24.7 Å². The highest BCUT2D eigenvalue weighted by atomic mass is 32.1. The summed E-state index contributed by atoms with van der Waals surface area (Å²) in [6, 6.07) is 4.15. The first-order valence-electron chi connectivity index (χ1n) is 7.25. The van der Waals surface area contributed by atoms with Crippen molar-refractivity contribution in [2.45, 2.75) is 25.9 Å². The zero-order valence-electron chi connectivity index (χ0n) is 12.7. The van der Waals surface area contributed by atoms with Crippen LogP contribution in [-0.2, 0) is 0 Å². The molecule has 3 aromatic rings. The highest BCUT2D eigenvalue weighted by Crippen LogP contribution is 2.47. The molecule has 2 unspecified atom stereocenters. The van der Waals surface area contributed by atoms with Gasteiger partial charge in [0.25, 0.3) is 0 Å². The second kappa shape index (κ2) is 6.42. The number of nitrogens with two attached hydrogens (primary N) is 2. The fraction of sp³-hybridized carbons (Fsp3) is 0.375. The fourth-order valence-corrected chi connectivity index (χ4v) is 4.10. The van der Waals surface area contributed by atoms with Crippen LogP contribution in [0.5, 0.6) is 11.5 Å². The molecule has 0 bridgehead atoms. The number of ether oxygens (including phenoxy) is 2. The van der Waals surface area contributed by atoms with Crippen LogP contribution in [0.25, 0.3) is 20.2 Å². The van der Waals surface area contributed by atoms with Crippen LogP contribution in [-0.4, -0.2) is 25.3 Å². The predicted molar refractivity (Wildman–Crippen MR) is 95.5 cm³/mol. The van der Waals surface area contributed by atoms with Crippen molar-refractivity contribution in [3.63, 3.8) is 0 Å². The van der Waals surface area contributed by atoms with E-state index in [1.165, 1.54) is 0 Å². The number of benzene rings is 1. The van der Waals surface area contributed by atoms with E-state index in [0.717, 1.165) is 31.7 Å². The van der Waals surface area contributed by atoms with E-state index in [1.807, 2.05) is 13.8 Å². The van der Waals surface area contributed by atoms with Gasteiger partial charge in [-0.2, -0.15) is 0 Å². The van der Waals surface area contributed by atoms with Crippen molar-refractivity contribution in [1.29, 1.82) is 0 Å². The summed E-state index contributed by atoms with van der Waals surface area (Å²) in [5.41, 5.74) is 11.7. The van der Waals surface area contributed by atoms with Crippen molar-refractivity contribution in [2.75, 3.05) is 13.2 Å². The summed E-state index contributed by atoms with van der Waals surface area (Å²) in [5.74, 6) is 1.82. The highest BCUT2D eigenvalue weighted by molar-refractivity contribution is 7.19. The molecule has 0 radical (unpaired) electrons. The Morgan fingerprint density at radius 2 is 1.27 bits per heavy atom. The summed E-state index contributed by atoms with van der Waals surface area (Å²) in [6.45, 7) is 4.88. The maximum atomic E-state index is 6.00. The van der Waals surface area contributed by atoms with Gasteiger partial charge < -0.3 is 20.9 Å². The first kappa shape index (κ1) is 15.6. The summed E-state index contributed by atoms with van der Waals surface area (Å²) in [7, 11) is 0. The lowest BCUT2D eigenvalue weighted by Gasteiger charge is -2.15. The molecule has 0 spiro atoms. The van der Waals surface area contributed by atoms with E-state index in [1.54, 1.807) is 22.7 Å². The Balaban J connectivity index is 2.13. The molecule has 2 atom stereocenters. The second-order valence-corrected chi connectivity index (χ2v) is 7.39. The molecular weight excluding hydrogens is 316 g/mol. The molecule has 0 amide bonds. The minimum Gasteiger partial charge on any atom is -0.490 e. The monoisotopic (exact) mass is 336 g/mol. The van der Waals surface area contributed by atoms with Gasteiger partial charge in [0.05, 0.1) is 9.40 Å². The van der Waals surface area contributed by atoms with E-state index >= 15 is 0 Å². The third-order valence-corrected chi connectivity index (χ3v) is 5.04. The first-order valence-corrected chi connectivity index (χ1v) is 9.01. The van der Waals surface area contributed by atoms with Crippen LogP contribution in [0.2, 0.25) is 0 Å². The Hall–Kier alpha value is -1.34. The summed E-state index contributed by atoms with van der Waals surface area (Å²) in [5, 5.41) is 6.29. The van der Waals surface area contributed by atoms with Crippen LogP contribution >= 0.6 is 22.7 Å². The topological polar surface area (TPSA) is 70.5 Å². The summed E-state index contributed by atoms with van der Waals surface area (Å²) >= 11 is 3.32. The van der Waals surface area contributed by atoms with Gasteiger partial charge in [-0.05, 0) is 36.7 Å². The average molecular weight is 336 g/mol. The smallest absolute Gasteiger partial charge is 0.146 e. The van der Waals surface area contributed by atoms with E-state index in [9.17, 15) is 0 Å². The Labute approximate surface area is 137 Å². The molecule has 0 aliphatic rings. The van der Waals surface area contributed by atoms with E-state index in [0.29, 0.717) is 13.2 Å². The van der Waals surface area contributed by atoms with Crippen LogP contribution in [0, 0.1) is 0 Å². The third kappa shape index (κ3) is 2.92. The molecule has 0 saturated heterocycles. The molecule has 1 aromatic carbocycles. The minimum atomic E-state index is -0.00212. The molecule has 0 saturated carbocycles. The van der Waals surface area contributed by atoms with Crippen molar-refractivity contribution in [1.82, 2.24) is 0 Å². The van der Waals surface area contributed by atoms with E-state index < -0.39 is 0 Å². The normalized spacial score (nSPS) is 14.4. The fourth-order valence-electron chi connectivity index (χ4n) is 2.29. The van der Waals surface area contributed by atoms with Crippen LogP contribution in [0.3, 0.4) is 0 Å². The maximum Gasteiger partial charge on any atom is 0.146 e. The molecule has 2 aromatic heterocycles. The van der Waals surface area contributed by atoms with E-state index in [-0.39, 0.29) is 12.1 Å². The second-order valence-electron chi connectivity index (χ2n) is 5.56. The SMILES string of the molecule is CC(N)COc1c2ccsc2c(OCC(C)N)c2ccsc12. The van der Waals surface area contributed by atoms with Crippen LogP contribution in [0.4, 0.5) is 0 Å². The lowest BCUT2D eigenvalue weighted by Crippen LogP contribution is -2.24. The Morgan fingerprint density at radius 1 is 0.864 bits per heavy atom. The van der Waals surface area contributed by atoms with Crippen LogP contribution in [0.1, 0.15) is 13.8 Å². The van der Waals surface area contributed by atoms with E-state index in [2.05, 4.69) is 22.9 Å². The molecule has 4 nitrogen and oxygen atoms in total. The molecule has 0 aliphatic carbocycles. The molecule has 4 N–H and O–H groups in total. The maximum absolute atomic E-state index is 6.00. The number of hydrogen-bond acceptors (Lipinski definition) is 6. The summed E-state index contributed by atoms with van der Waals surface area (Å²) in [4.78, 5) is 0. The van der Waals surface area contributed by atoms with Gasteiger partial charge in [0.15, 0.2) is 0 Å². The predicted octanol–water partition coefficient (Wildman–Crippen LogP) is 3.57. The van der Waals surface area contributed by atoms with Crippen LogP contribution in [0.15, 0.2) is 22.9 Å².